The fourth-order valence-electron chi connectivity index (χ4n) is 3.36. The molecule has 0 saturated carbocycles. The predicted molar refractivity (Wildman–Crippen MR) is 127 cm³/mol. The van der Waals surface area contributed by atoms with E-state index in [1.807, 2.05) is 37.3 Å². The lowest BCUT2D eigenvalue weighted by Crippen LogP contribution is -2.04. The molecule has 0 saturated heterocycles. The maximum absolute atomic E-state index is 12.7. The van der Waals surface area contributed by atoms with Crippen LogP contribution in [-0.2, 0) is 17.9 Å². The first-order valence-corrected chi connectivity index (χ1v) is 11.5. The lowest BCUT2D eigenvalue weighted by Gasteiger charge is -2.07. The number of rotatable bonds is 6. The van der Waals surface area contributed by atoms with Gasteiger partial charge in [-0.2, -0.15) is 5.10 Å². The highest BCUT2D eigenvalue weighted by molar-refractivity contribution is 7.20. The average molecular weight is 499 g/mol. The minimum absolute atomic E-state index is 0.118. The van der Waals surface area contributed by atoms with Crippen LogP contribution in [0, 0.1) is 6.92 Å². The number of fused-ring (bicyclic) bond motifs is 1. The van der Waals surface area contributed by atoms with E-state index in [0.717, 1.165) is 27.0 Å². The molecular weight excluding hydrogens is 483 g/mol. The third-order valence-corrected chi connectivity index (χ3v) is 6.83. The Kier molecular flexibility index (Phi) is 5.88. The van der Waals surface area contributed by atoms with Gasteiger partial charge in [0.05, 0.1) is 12.2 Å². The second kappa shape index (κ2) is 8.97. The molecule has 0 radical (unpaired) electrons. The molecule has 7 nitrogen and oxygen atoms in total. The van der Waals surface area contributed by atoms with Gasteiger partial charge in [0.15, 0.2) is 6.61 Å². The summed E-state index contributed by atoms with van der Waals surface area (Å²) in [6.45, 7) is 2.16. The summed E-state index contributed by atoms with van der Waals surface area (Å²) in [6.07, 6.45) is 0. The van der Waals surface area contributed by atoms with Crippen molar-refractivity contribution in [2.75, 3.05) is 0 Å². The molecule has 5 aromatic rings. The molecule has 0 spiro atoms. The molecule has 0 aliphatic heterocycles. The van der Waals surface area contributed by atoms with Gasteiger partial charge in [0.25, 0.3) is 5.89 Å². The van der Waals surface area contributed by atoms with E-state index in [0.29, 0.717) is 27.4 Å². The number of ether oxygens (including phenoxy) is 1. The first-order valence-electron chi connectivity index (χ1n) is 9.94. The number of hydrogen-bond donors (Lipinski definition) is 0. The predicted octanol–water partition coefficient (Wildman–Crippen LogP) is 6.17. The molecule has 0 N–H and O–H groups in total. The minimum atomic E-state index is -0.475. The molecule has 0 fully saturated rings. The van der Waals surface area contributed by atoms with Crippen molar-refractivity contribution in [3.05, 3.63) is 86.7 Å². The van der Waals surface area contributed by atoms with Crippen LogP contribution in [0.1, 0.15) is 26.8 Å². The maximum atomic E-state index is 12.7. The standard InChI is InChI=1S/C23H16Cl2N4O3S/c1-13-15-10-19(33-22(15)29(28-13)11-16-17(24)8-5-9-18(16)25)23(30)31-12-20-26-27-21(32-20)14-6-3-2-4-7-14/h2-10H,11-12H2,1H3. The van der Waals surface area contributed by atoms with Crippen molar-refractivity contribution in [3.63, 3.8) is 0 Å². The Morgan fingerprint density at radius 1 is 1.09 bits per heavy atom. The molecule has 0 bridgehead atoms. The normalized spacial score (nSPS) is 11.2. The van der Waals surface area contributed by atoms with Gasteiger partial charge in [-0.15, -0.1) is 21.5 Å². The van der Waals surface area contributed by atoms with E-state index in [2.05, 4.69) is 15.3 Å². The monoisotopic (exact) mass is 498 g/mol. The fraction of sp³-hybridized carbons (Fsp3) is 0.130. The Bertz CT molecular complexity index is 1440. The summed E-state index contributed by atoms with van der Waals surface area (Å²) in [6, 6.07) is 16.5. The average Bonchev–Trinajstić information content (AvgIpc) is 3.53. The summed E-state index contributed by atoms with van der Waals surface area (Å²) < 4.78 is 12.8. The van der Waals surface area contributed by atoms with Gasteiger partial charge in [0, 0.05) is 26.6 Å². The summed E-state index contributed by atoms with van der Waals surface area (Å²) in [5, 5.41) is 14.5. The highest BCUT2D eigenvalue weighted by Crippen LogP contribution is 2.32. The van der Waals surface area contributed by atoms with Gasteiger partial charge in [0.1, 0.15) is 9.71 Å². The number of esters is 1. The van der Waals surface area contributed by atoms with Crippen molar-refractivity contribution in [2.24, 2.45) is 0 Å². The van der Waals surface area contributed by atoms with Gasteiger partial charge in [-0.25, -0.2) is 9.48 Å². The van der Waals surface area contributed by atoms with Crippen molar-refractivity contribution in [1.82, 2.24) is 20.0 Å². The molecule has 33 heavy (non-hydrogen) atoms. The Balaban J connectivity index is 1.33. The van der Waals surface area contributed by atoms with Gasteiger partial charge in [-0.1, -0.05) is 47.5 Å². The smallest absolute Gasteiger partial charge is 0.348 e. The summed E-state index contributed by atoms with van der Waals surface area (Å²) in [5.41, 5.74) is 2.37. The molecule has 0 atom stereocenters. The van der Waals surface area contributed by atoms with Gasteiger partial charge in [-0.3, -0.25) is 0 Å². The zero-order valence-corrected chi connectivity index (χ0v) is 19.6. The van der Waals surface area contributed by atoms with Crippen molar-refractivity contribution in [3.8, 4) is 11.5 Å². The first-order chi connectivity index (χ1) is 16.0. The van der Waals surface area contributed by atoms with Crippen LogP contribution in [0.5, 0.6) is 0 Å². The van der Waals surface area contributed by atoms with E-state index in [1.54, 1.807) is 28.9 Å². The fourth-order valence-corrected chi connectivity index (χ4v) is 4.93. The summed E-state index contributed by atoms with van der Waals surface area (Å²) in [7, 11) is 0. The SMILES string of the molecule is Cc1nn(Cc2c(Cl)cccc2Cl)c2sc(C(=O)OCc3nnc(-c4ccccc4)o3)cc12. The number of aryl methyl sites for hydroxylation is 1. The van der Waals surface area contributed by atoms with Crippen LogP contribution < -0.4 is 0 Å². The van der Waals surface area contributed by atoms with E-state index in [1.165, 1.54) is 11.3 Å². The van der Waals surface area contributed by atoms with Crippen molar-refractivity contribution < 1.29 is 13.9 Å². The number of hydrogen-bond acceptors (Lipinski definition) is 7. The summed E-state index contributed by atoms with van der Waals surface area (Å²) >= 11 is 13.9. The van der Waals surface area contributed by atoms with Crippen LogP contribution >= 0.6 is 34.5 Å². The zero-order valence-electron chi connectivity index (χ0n) is 17.3. The molecule has 10 heteroatoms. The Labute approximate surface area is 202 Å². The van der Waals surface area contributed by atoms with Crippen molar-refractivity contribution >= 4 is 50.7 Å². The molecule has 3 heterocycles. The lowest BCUT2D eigenvalue weighted by molar-refractivity contribution is 0.0444. The molecule has 5 rings (SSSR count). The second-order valence-electron chi connectivity index (χ2n) is 7.22. The Morgan fingerprint density at radius 2 is 1.85 bits per heavy atom. The van der Waals surface area contributed by atoms with Crippen molar-refractivity contribution in [1.29, 1.82) is 0 Å². The van der Waals surface area contributed by atoms with E-state index in [-0.39, 0.29) is 12.5 Å². The number of carbonyl (C=O) groups is 1. The summed E-state index contributed by atoms with van der Waals surface area (Å²) in [4.78, 5) is 14.0. The lowest BCUT2D eigenvalue weighted by atomic mass is 10.2. The van der Waals surface area contributed by atoms with Crippen molar-refractivity contribution in [2.45, 2.75) is 20.1 Å². The first kappa shape index (κ1) is 21.6. The van der Waals surface area contributed by atoms with E-state index < -0.39 is 5.97 Å². The molecule has 3 aromatic heterocycles. The van der Waals surface area contributed by atoms with E-state index in [9.17, 15) is 4.79 Å². The van der Waals surface area contributed by atoms with Crippen LogP contribution in [0.4, 0.5) is 0 Å². The quantitative estimate of drug-likeness (QED) is 0.260. The Hall–Kier alpha value is -3.20. The van der Waals surface area contributed by atoms with Crippen LogP contribution in [0.15, 0.2) is 59.0 Å². The third kappa shape index (κ3) is 4.37. The number of halogens is 2. The molecular formula is C23H16Cl2N4O3S. The molecule has 0 aliphatic carbocycles. The van der Waals surface area contributed by atoms with Crippen LogP contribution in [0.25, 0.3) is 21.7 Å². The molecule has 2 aromatic carbocycles. The van der Waals surface area contributed by atoms with E-state index >= 15 is 0 Å². The zero-order chi connectivity index (χ0) is 22.9. The molecule has 0 unspecified atom stereocenters. The molecule has 166 valence electrons. The minimum Gasteiger partial charge on any atom is -0.451 e. The van der Waals surface area contributed by atoms with Crippen LogP contribution in [-0.4, -0.2) is 25.9 Å². The van der Waals surface area contributed by atoms with E-state index in [4.69, 9.17) is 32.4 Å². The highest BCUT2D eigenvalue weighted by Gasteiger charge is 2.19. The third-order valence-electron chi connectivity index (χ3n) is 4.99. The van der Waals surface area contributed by atoms with Gasteiger partial charge >= 0.3 is 5.97 Å². The molecule has 0 aliphatic rings. The molecule has 0 amide bonds. The second-order valence-corrected chi connectivity index (χ2v) is 9.06. The number of carbonyl (C=O) groups excluding carboxylic acids is 1. The van der Waals surface area contributed by atoms with Gasteiger partial charge in [-0.05, 0) is 37.3 Å². The number of aromatic nitrogens is 4. The Morgan fingerprint density at radius 3 is 2.61 bits per heavy atom. The number of benzene rings is 2. The topological polar surface area (TPSA) is 83.0 Å². The maximum Gasteiger partial charge on any atom is 0.348 e. The van der Waals surface area contributed by atoms with Gasteiger partial charge < -0.3 is 9.15 Å². The largest absolute Gasteiger partial charge is 0.451 e. The summed E-state index contributed by atoms with van der Waals surface area (Å²) in [5.74, 6) is 0.119. The highest BCUT2D eigenvalue weighted by atomic mass is 35.5. The number of thiophene rings is 1. The van der Waals surface area contributed by atoms with Crippen LogP contribution in [0.2, 0.25) is 10.0 Å². The van der Waals surface area contributed by atoms with Gasteiger partial charge in [0.2, 0.25) is 5.89 Å². The number of nitrogens with zero attached hydrogens (tertiary/aromatic N) is 4. The van der Waals surface area contributed by atoms with Crippen LogP contribution in [0.3, 0.4) is 0 Å².